The Balaban J connectivity index is 1.71. The molecule has 1 unspecified atom stereocenters. The molecule has 0 radical (unpaired) electrons. The van der Waals surface area contributed by atoms with Crippen molar-refractivity contribution in [3.8, 4) is 6.07 Å². The molecule has 1 aliphatic rings. The highest BCUT2D eigenvalue weighted by Gasteiger charge is 2.43. The van der Waals surface area contributed by atoms with Crippen molar-refractivity contribution in [1.29, 1.82) is 5.26 Å². The minimum atomic E-state index is -0.367. The third kappa shape index (κ3) is 4.87. The van der Waals surface area contributed by atoms with E-state index in [1.165, 1.54) is 30.4 Å². The largest absolute Gasteiger partial charge is 0.299 e. The monoisotopic (exact) mass is 502 g/mol. The van der Waals surface area contributed by atoms with Crippen LogP contribution in [0, 0.1) is 17.2 Å². The Kier molecular flexibility index (Phi) is 7.74. The number of rotatable bonds is 9. The van der Waals surface area contributed by atoms with Gasteiger partial charge in [0, 0.05) is 15.5 Å². The highest BCUT2D eigenvalue weighted by Crippen LogP contribution is 2.47. The summed E-state index contributed by atoms with van der Waals surface area (Å²) >= 11 is 7.19. The van der Waals surface area contributed by atoms with Crippen molar-refractivity contribution in [1.82, 2.24) is 4.90 Å². The third-order valence-corrected chi connectivity index (χ3v) is 8.06. The molecule has 28 heavy (non-hydrogen) atoms. The molecule has 1 fully saturated rings. The summed E-state index contributed by atoms with van der Waals surface area (Å²) < 4.78 is 2.07. The number of hydrogen-bond donors (Lipinski definition) is 0. The molecule has 2 aromatic rings. The van der Waals surface area contributed by atoms with Crippen LogP contribution in [0.25, 0.3) is 0 Å². The molecule has 0 aliphatic heterocycles. The van der Waals surface area contributed by atoms with Crippen molar-refractivity contribution < 1.29 is 0 Å². The number of nitriles is 1. The molecule has 1 aliphatic carbocycles. The molecule has 0 heterocycles. The number of halogens is 2. The Morgan fingerprint density at radius 1 is 1.11 bits per heavy atom. The number of nitrogens with zero attached hydrogens (tertiary/aromatic N) is 2. The van der Waals surface area contributed by atoms with Gasteiger partial charge in [-0.3, -0.25) is 4.90 Å². The SMILES string of the molecule is CCN(CCCC(C#N)(c1ccc(Br)c(Br)c1)C1CCC1)Cc1ccccc1. The molecule has 0 amide bonds. The van der Waals surface area contributed by atoms with Gasteiger partial charge in [0.1, 0.15) is 0 Å². The van der Waals surface area contributed by atoms with Crippen molar-refractivity contribution in [2.24, 2.45) is 5.92 Å². The lowest BCUT2D eigenvalue weighted by Crippen LogP contribution is -2.39. The molecule has 0 bridgehead atoms. The zero-order chi connectivity index (χ0) is 20.0. The molecule has 3 rings (SSSR count). The predicted molar refractivity (Wildman–Crippen MR) is 123 cm³/mol. The Labute approximate surface area is 186 Å². The minimum absolute atomic E-state index is 0.367. The average molecular weight is 504 g/mol. The third-order valence-electron chi connectivity index (χ3n) is 6.18. The van der Waals surface area contributed by atoms with Crippen LogP contribution in [0.4, 0.5) is 0 Å². The second-order valence-corrected chi connectivity index (χ2v) is 9.51. The van der Waals surface area contributed by atoms with E-state index in [0.717, 1.165) is 41.4 Å². The minimum Gasteiger partial charge on any atom is -0.299 e. The molecule has 2 aromatic carbocycles. The van der Waals surface area contributed by atoms with E-state index >= 15 is 0 Å². The molecule has 4 heteroatoms. The van der Waals surface area contributed by atoms with Crippen LogP contribution in [0.1, 0.15) is 50.2 Å². The van der Waals surface area contributed by atoms with Crippen LogP contribution in [0.5, 0.6) is 0 Å². The highest BCUT2D eigenvalue weighted by molar-refractivity contribution is 9.13. The summed E-state index contributed by atoms with van der Waals surface area (Å²) in [6, 6.07) is 19.8. The second-order valence-electron chi connectivity index (χ2n) is 7.80. The fraction of sp³-hybridized carbons (Fsp3) is 0.458. The van der Waals surface area contributed by atoms with Crippen LogP contribution < -0.4 is 0 Å². The maximum Gasteiger partial charge on any atom is 0.0851 e. The first-order chi connectivity index (χ1) is 13.6. The fourth-order valence-electron chi connectivity index (χ4n) is 4.24. The van der Waals surface area contributed by atoms with Gasteiger partial charge >= 0.3 is 0 Å². The Hall–Kier alpha value is -1.15. The molecule has 0 spiro atoms. The van der Waals surface area contributed by atoms with Gasteiger partial charge in [0.15, 0.2) is 0 Å². The zero-order valence-corrected chi connectivity index (χ0v) is 19.7. The molecule has 0 saturated heterocycles. The van der Waals surface area contributed by atoms with Crippen molar-refractivity contribution in [3.05, 3.63) is 68.6 Å². The van der Waals surface area contributed by atoms with E-state index in [2.05, 4.69) is 98.3 Å². The quantitative estimate of drug-likeness (QED) is 0.365. The average Bonchev–Trinajstić information content (AvgIpc) is 2.67. The lowest BCUT2D eigenvalue weighted by Gasteiger charge is -2.41. The van der Waals surface area contributed by atoms with Gasteiger partial charge < -0.3 is 0 Å². The maximum absolute atomic E-state index is 10.3. The van der Waals surface area contributed by atoms with Gasteiger partial charge in [0.2, 0.25) is 0 Å². The highest BCUT2D eigenvalue weighted by atomic mass is 79.9. The van der Waals surface area contributed by atoms with E-state index in [0.29, 0.717) is 5.92 Å². The van der Waals surface area contributed by atoms with Gasteiger partial charge in [-0.25, -0.2) is 0 Å². The normalized spacial score (nSPS) is 16.4. The van der Waals surface area contributed by atoms with Gasteiger partial charge in [0.25, 0.3) is 0 Å². The number of hydrogen-bond acceptors (Lipinski definition) is 2. The molecule has 148 valence electrons. The molecule has 0 N–H and O–H groups in total. The first kappa shape index (κ1) is 21.6. The summed E-state index contributed by atoms with van der Waals surface area (Å²) in [7, 11) is 0. The second kappa shape index (κ2) is 10.1. The summed E-state index contributed by atoms with van der Waals surface area (Å²) in [5, 5.41) is 10.3. The van der Waals surface area contributed by atoms with Crippen molar-refractivity contribution in [2.45, 2.75) is 51.0 Å². The standard InChI is InChI=1S/C24H28Br2N2/c1-2-28(17-19-8-4-3-5-9-19)15-7-14-24(18-27,20-10-6-11-20)21-12-13-22(25)23(26)16-21/h3-5,8-9,12-13,16,20H,2,6-7,10-11,14-15,17H2,1H3. The molecule has 1 atom stereocenters. The van der Waals surface area contributed by atoms with Crippen LogP contribution in [0.15, 0.2) is 57.5 Å². The summed E-state index contributed by atoms with van der Waals surface area (Å²) in [5.74, 6) is 0.481. The van der Waals surface area contributed by atoms with E-state index in [1.807, 2.05) is 0 Å². The lowest BCUT2D eigenvalue weighted by atomic mass is 9.61. The molecule has 2 nitrogen and oxygen atoms in total. The molecular weight excluding hydrogens is 476 g/mol. The molecule has 0 aromatic heterocycles. The van der Waals surface area contributed by atoms with Gasteiger partial charge in [-0.1, -0.05) is 49.7 Å². The topological polar surface area (TPSA) is 27.0 Å². The predicted octanol–water partition coefficient (Wildman–Crippen LogP) is 7.08. The van der Waals surface area contributed by atoms with Crippen LogP contribution in [-0.2, 0) is 12.0 Å². The van der Waals surface area contributed by atoms with Crippen molar-refractivity contribution >= 4 is 31.9 Å². The lowest BCUT2D eigenvalue weighted by molar-refractivity contribution is 0.184. The Bertz CT molecular complexity index is 811. The maximum atomic E-state index is 10.3. The van der Waals surface area contributed by atoms with Gasteiger partial charge in [0.05, 0.1) is 11.5 Å². The molecule has 1 saturated carbocycles. The van der Waals surface area contributed by atoms with Gasteiger partial charge in [-0.15, -0.1) is 0 Å². The van der Waals surface area contributed by atoms with E-state index in [9.17, 15) is 5.26 Å². The summed E-state index contributed by atoms with van der Waals surface area (Å²) in [6.45, 7) is 5.25. The summed E-state index contributed by atoms with van der Waals surface area (Å²) in [6.07, 6.45) is 5.55. The Morgan fingerprint density at radius 2 is 1.86 bits per heavy atom. The van der Waals surface area contributed by atoms with E-state index in [4.69, 9.17) is 0 Å². The van der Waals surface area contributed by atoms with Crippen molar-refractivity contribution in [2.75, 3.05) is 13.1 Å². The van der Waals surface area contributed by atoms with Gasteiger partial charge in [-0.05, 0) is 99.8 Å². The fourth-order valence-corrected chi connectivity index (χ4v) is 4.87. The first-order valence-electron chi connectivity index (χ1n) is 10.2. The smallest absolute Gasteiger partial charge is 0.0851 e. The van der Waals surface area contributed by atoms with Crippen LogP contribution in [-0.4, -0.2) is 18.0 Å². The van der Waals surface area contributed by atoms with E-state index in [1.54, 1.807) is 0 Å². The van der Waals surface area contributed by atoms with Crippen LogP contribution >= 0.6 is 31.9 Å². The van der Waals surface area contributed by atoms with Crippen molar-refractivity contribution in [3.63, 3.8) is 0 Å². The van der Waals surface area contributed by atoms with E-state index < -0.39 is 0 Å². The van der Waals surface area contributed by atoms with Crippen LogP contribution in [0.2, 0.25) is 0 Å². The number of benzene rings is 2. The summed E-state index contributed by atoms with van der Waals surface area (Å²) in [4.78, 5) is 2.48. The zero-order valence-electron chi connectivity index (χ0n) is 16.5. The van der Waals surface area contributed by atoms with Gasteiger partial charge in [-0.2, -0.15) is 5.26 Å². The van der Waals surface area contributed by atoms with E-state index in [-0.39, 0.29) is 5.41 Å². The molecular formula is C24H28Br2N2. The van der Waals surface area contributed by atoms with Crippen LogP contribution in [0.3, 0.4) is 0 Å². The summed E-state index contributed by atoms with van der Waals surface area (Å²) in [5.41, 5.74) is 2.15. The Morgan fingerprint density at radius 3 is 2.43 bits per heavy atom. The first-order valence-corrected chi connectivity index (χ1v) is 11.8.